The third-order valence-electron chi connectivity index (χ3n) is 3.72. The first-order valence-electron chi connectivity index (χ1n) is 7.06. The van der Waals surface area contributed by atoms with E-state index in [1.54, 1.807) is 0 Å². The van der Waals surface area contributed by atoms with Gasteiger partial charge in [-0.1, -0.05) is 44.2 Å². The molecule has 1 atom stereocenters. The monoisotopic (exact) mass is 296 g/mol. The number of benzene rings is 1. The summed E-state index contributed by atoms with van der Waals surface area (Å²) in [6, 6.07) is 10.7. The molecule has 0 aromatic heterocycles. The van der Waals surface area contributed by atoms with E-state index in [2.05, 4.69) is 38.2 Å². The molecule has 1 aliphatic heterocycles. The summed E-state index contributed by atoms with van der Waals surface area (Å²) in [5, 5.41) is 3.37. The van der Waals surface area contributed by atoms with Gasteiger partial charge < -0.3 is 10.2 Å². The Bertz CT molecular complexity index is 433. The van der Waals surface area contributed by atoms with Crippen molar-refractivity contribution in [1.29, 1.82) is 0 Å². The smallest absolute Gasteiger partial charge is 0.228 e. The van der Waals surface area contributed by atoms with Crippen molar-refractivity contribution in [2.24, 2.45) is 5.41 Å². The van der Waals surface area contributed by atoms with E-state index < -0.39 is 0 Å². The second-order valence-corrected chi connectivity index (χ2v) is 6.15. The van der Waals surface area contributed by atoms with E-state index in [1.165, 1.54) is 5.56 Å². The first kappa shape index (κ1) is 17.0. The Labute approximate surface area is 128 Å². The molecule has 1 heterocycles. The number of amides is 1. The van der Waals surface area contributed by atoms with Gasteiger partial charge in [0.1, 0.15) is 0 Å². The normalized spacial score (nSPS) is 19.4. The van der Waals surface area contributed by atoms with Crippen molar-refractivity contribution in [3.8, 4) is 0 Å². The lowest BCUT2D eigenvalue weighted by molar-refractivity contribution is -0.141. The van der Waals surface area contributed by atoms with E-state index in [0.717, 1.165) is 26.1 Å². The van der Waals surface area contributed by atoms with Crippen LogP contribution < -0.4 is 5.32 Å². The Morgan fingerprint density at radius 2 is 2.00 bits per heavy atom. The van der Waals surface area contributed by atoms with Gasteiger partial charge in [-0.05, 0) is 18.9 Å². The number of carbonyl (C=O) groups excluding carboxylic acids is 1. The second kappa shape index (κ2) is 7.09. The fourth-order valence-corrected chi connectivity index (χ4v) is 2.73. The zero-order chi connectivity index (χ0) is 13.9. The van der Waals surface area contributed by atoms with Crippen LogP contribution in [0.3, 0.4) is 0 Å². The number of hydrogen-bond donors (Lipinski definition) is 1. The molecule has 0 spiro atoms. The highest BCUT2D eigenvalue weighted by Gasteiger charge is 2.33. The van der Waals surface area contributed by atoms with Gasteiger partial charge in [-0.25, -0.2) is 0 Å². The Balaban J connectivity index is 0.00000200. The van der Waals surface area contributed by atoms with Gasteiger partial charge in [-0.2, -0.15) is 0 Å². The summed E-state index contributed by atoms with van der Waals surface area (Å²) < 4.78 is 0. The summed E-state index contributed by atoms with van der Waals surface area (Å²) in [7, 11) is 0. The van der Waals surface area contributed by atoms with Gasteiger partial charge in [-0.15, -0.1) is 12.4 Å². The van der Waals surface area contributed by atoms with E-state index in [1.807, 2.05) is 23.1 Å². The molecule has 1 aliphatic rings. The van der Waals surface area contributed by atoms with Crippen LogP contribution in [0.4, 0.5) is 0 Å². The first-order chi connectivity index (χ1) is 8.99. The minimum atomic E-state index is -0.335. The van der Waals surface area contributed by atoms with E-state index >= 15 is 0 Å². The molecule has 0 radical (unpaired) electrons. The minimum Gasteiger partial charge on any atom is -0.339 e. The van der Waals surface area contributed by atoms with E-state index in [9.17, 15) is 4.79 Å². The Hall–Kier alpha value is -1.06. The summed E-state index contributed by atoms with van der Waals surface area (Å²) in [5.41, 5.74) is 0.891. The third kappa shape index (κ3) is 4.22. The fourth-order valence-electron chi connectivity index (χ4n) is 2.73. The molecule has 20 heavy (non-hydrogen) atoms. The molecule has 0 bridgehead atoms. The van der Waals surface area contributed by atoms with Crippen LogP contribution in [-0.2, 0) is 11.2 Å². The molecule has 2 rings (SSSR count). The molecule has 1 aromatic carbocycles. The number of halogens is 1. The lowest BCUT2D eigenvalue weighted by atomic mass is 9.84. The number of nitrogens with zero attached hydrogens (tertiary/aromatic N) is 1. The van der Waals surface area contributed by atoms with Crippen LogP contribution in [0, 0.1) is 5.41 Å². The van der Waals surface area contributed by atoms with Crippen molar-refractivity contribution in [2.45, 2.75) is 33.2 Å². The van der Waals surface area contributed by atoms with Crippen LogP contribution in [-0.4, -0.2) is 36.5 Å². The third-order valence-corrected chi connectivity index (χ3v) is 3.72. The lowest BCUT2D eigenvalue weighted by Crippen LogP contribution is -2.54. The van der Waals surface area contributed by atoms with Gasteiger partial charge >= 0.3 is 0 Å². The van der Waals surface area contributed by atoms with Gasteiger partial charge in [0.25, 0.3) is 0 Å². The highest BCUT2D eigenvalue weighted by molar-refractivity contribution is 5.85. The summed E-state index contributed by atoms with van der Waals surface area (Å²) in [6.07, 6.45) is 0.797. The highest BCUT2D eigenvalue weighted by atomic mass is 35.5. The molecule has 1 fully saturated rings. The largest absolute Gasteiger partial charge is 0.339 e. The molecule has 4 heteroatoms. The standard InChI is InChI=1S/C16H24N2O.ClH/c1-13-12-18(10-9-17-13)15(19)16(2,3)11-14-7-5-4-6-8-14;/h4-8,13,17H,9-12H2,1-3H3;1H. The first-order valence-corrected chi connectivity index (χ1v) is 7.06. The Kier molecular flexibility index (Phi) is 6.03. The van der Waals surface area contributed by atoms with Crippen molar-refractivity contribution >= 4 is 18.3 Å². The maximum atomic E-state index is 12.7. The van der Waals surface area contributed by atoms with E-state index in [4.69, 9.17) is 0 Å². The quantitative estimate of drug-likeness (QED) is 0.929. The van der Waals surface area contributed by atoms with Crippen LogP contribution in [0.1, 0.15) is 26.3 Å². The molecule has 0 saturated carbocycles. The molecule has 112 valence electrons. The van der Waals surface area contributed by atoms with Crippen molar-refractivity contribution < 1.29 is 4.79 Å². The molecular formula is C16H25ClN2O. The van der Waals surface area contributed by atoms with Crippen LogP contribution >= 0.6 is 12.4 Å². The number of hydrogen-bond acceptors (Lipinski definition) is 2. The number of carbonyl (C=O) groups is 1. The van der Waals surface area contributed by atoms with Gasteiger partial charge in [-0.3, -0.25) is 4.79 Å². The Morgan fingerprint density at radius 3 is 2.60 bits per heavy atom. The van der Waals surface area contributed by atoms with E-state index in [0.29, 0.717) is 6.04 Å². The Morgan fingerprint density at radius 1 is 1.35 bits per heavy atom. The van der Waals surface area contributed by atoms with Crippen molar-refractivity contribution in [3.63, 3.8) is 0 Å². The summed E-state index contributed by atoms with van der Waals surface area (Å²) in [4.78, 5) is 14.7. The summed E-state index contributed by atoms with van der Waals surface area (Å²) in [5.74, 6) is 0.268. The highest BCUT2D eigenvalue weighted by Crippen LogP contribution is 2.25. The van der Waals surface area contributed by atoms with Crippen LogP contribution in [0.15, 0.2) is 30.3 Å². The molecular weight excluding hydrogens is 272 g/mol. The van der Waals surface area contributed by atoms with Crippen LogP contribution in [0.2, 0.25) is 0 Å². The van der Waals surface area contributed by atoms with Gasteiger partial charge in [0.05, 0.1) is 0 Å². The molecule has 1 N–H and O–H groups in total. The molecule has 0 aliphatic carbocycles. The second-order valence-electron chi connectivity index (χ2n) is 6.15. The number of nitrogens with one attached hydrogen (secondary N) is 1. The zero-order valence-corrected chi connectivity index (χ0v) is 13.4. The number of piperazine rings is 1. The summed E-state index contributed by atoms with van der Waals surface area (Å²) >= 11 is 0. The molecule has 1 aromatic rings. The fraction of sp³-hybridized carbons (Fsp3) is 0.562. The van der Waals surface area contributed by atoms with Crippen LogP contribution in [0.5, 0.6) is 0 Å². The lowest BCUT2D eigenvalue weighted by Gasteiger charge is -2.37. The topological polar surface area (TPSA) is 32.3 Å². The average Bonchev–Trinajstić information content (AvgIpc) is 2.38. The van der Waals surface area contributed by atoms with Crippen molar-refractivity contribution in [2.75, 3.05) is 19.6 Å². The van der Waals surface area contributed by atoms with Gasteiger partial charge in [0.2, 0.25) is 5.91 Å². The zero-order valence-electron chi connectivity index (χ0n) is 12.6. The predicted octanol–water partition coefficient (Wildman–Crippen LogP) is 2.50. The molecule has 3 nitrogen and oxygen atoms in total. The van der Waals surface area contributed by atoms with Crippen molar-refractivity contribution in [1.82, 2.24) is 10.2 Å². The van der Waals surface area contributed by atoms with E-state index in [-0.39, 0.29) is 23.7 Å². The predicted molar refractivity (Wildman–Crippen MR) is 85.2 cm³/mol. The van der Waals surface area contributed by atoms with Crippen molar-refractivity contribution in [3.05, 3.63) is 35.9 Å². The van der Waals surface area contributed by atoms with Gasteiger partial charge in [0.15, 0.2) is 0 Å². The summed E-state index contributed by atoms with van der Waals surface area (Å²) in [6.45, 7) is 8.76. The maximum Gasteiger partial charge on any atom is 0.228 e. The molecule has 1 unspecified atom stereocenters. The van der Waals surface area contributed by atoms with Crippen LogP contribution in [0.25, 0.3) is 0 Å². The maximum absolute atomic E-state index is 12.7. The average molecular weight is 297 g/mol. The SMILES string of the molecule is CC1CN(C(=O)C(C)(C)Cc2ccccc2)CCN1.Cl. The number of rotatable bonds is 3. The minimum absolute atomic E-state index is 0. The molecule has 1 amide bonds. The molecule has 1 saturated heterocycles. The van der Waals surface area contributed by atoms with Gasteiger partial charge in [0, 0.05) is 31.1 Å².